The Kier molecular flexibility index (Phi) is 5.87. The molecule has 0 amide bonds. The molecule has 0 fully saturated rings. The third-order valence-corrected chi connectivity index (χ3v) is 9.97. The van der Waals surface area contributed by atoms with E-state index in [1.54, 1.807) is 0 Å². The minimum absolute atomic E-state index is 0.0378. The first-order valence-electron chi connectivity index (χ1n) is 8.08. The first kappa shape index (κ1) is 20.2. The molecule has 1 aliphatic heterocycles. The monoisotopic (exact) mass is 431 g/mol. The standard InChI is InChI=1S/C17H26BrNO5Si/c1-17(2,3)25(5,6)24-15(14(19)16(20)21-4)10-7-12-13(8-11(10)18)23-9-22-12/h7-8,14-15H,9,19H2,1-6H3/t14-,15-/m0/s1. The van der Waals surface area contributed by atoms with E-state index in [2.05, 4.69) is 49.8 Å². The summed E-state index contributed by atoms with van der Waals surface area (Å²) in [6.07, 6.45) is -0.655. The molecule has 25 heavy (non-hydrogen) atoms. The summed E-state index contributed by atoms with van der Waals surface area (Å²) in [5.74, 6) is 0.737. The third kappa shape index (κ3) is 4.19. The molecule has 1 aliphatic rings. The van der Waals surface area contributed by atoms with Gasteiger partial charge >= 0.3 is 5.97 Å². The Morgan fingerprint density at radius 1 is 1.28 bits per heavy atom. The van der Waals surface area contributed by atoms with Gasteiger partial charge in [-0.05, 0) is 35.8 Å². The first-order valence-corrected chi connectivity index (χ1v) is 11.8. The second-order valence-corrected chi connectivity index (χ2v) is 13.2. The molecule has 0 radical (unpaired) electrons. The topological polar surface area (TPSA) is 80.0 Å². The van der Waals surface area contributed by atoms with Crippen molar-refractivity contribution in [3.63, 3.8) is 0 Å². The largest absolute Gasteiger partial charge is 0.468 e. The third-order valence-electron chi connectivity index (χ3n) is 4.83. The molecule has 8 heteroatoms. The van der Waals surface area contributed by atoms with E-state index in [0.29, 0.717) is 11.5 Å². The maximum atomic E-state index is 12.1. The van der Waals surface area contributed by atoms with Crippen molar-refractivity contribution in [1.29, 1.82) is 0 Å². The number of hydrogen-bond donors (Lipinski definition) is 1. The lowest BCUT2D eigenvalue weighted by molar-refractivity contribution is -0.144. The maximum Gasteiger partial charge on any atom is 0.325 e. The lowest BCUT2D eigenvalue weighted by Gasteiger charge is -2.40. The molecule has 1 aromatic rings. The SMILES string of the molecule is COC(=O)[C@@H](N)[C@@H](O[Si](C)(C)C(C)(C)C)c1cc2c(cc1Br)OCO2. The first-order chi connectivity index (χ1) is 11.5. The predicted octanol–water partition coefficient (Wildman–Crippen LogP) is 3.74. The van der Waals surface area contributed by atoms with Gasteiger partial charge in [-0.2, -0.15) is 0 Å². The lowest BCUT2D eigenvalue weighted by atomic mass is 10.0. The van der Waals surface area contributed by atoms with Gasteiger partial charge in [-0.25, -0.2) is 0 Å². The number of halogens is 1. The van der Waals surface area contributed by atoms with Gasteiger partial charge in [-0.1, -0.05) is 36.7 Å². The number of hydrogen-bond acceptors (Lipinski definition) is 6. The highest BCUT2D eigenvalue weighted by Crippen LogP contribution is 2.44. The number of fused-ring (bicyclic) bond motifs is 1. The molecule has 0 aromatic heterocycles. The Bertz CT molecular complexity index is 659. The van der Waals surface area contributed by atoms with Gasteiger partial charge in [-0.3, -0.25) is 4.79 Å². The lowest BCUT2D eigenvalue weighted by Crippen LogP contribution is -2.48. The van der Waals surface area contributed by atoms with Crippen LogP contribution in [0.25, 0.3) is 0 Å². The highest BCUT2D eigenvalue weighted by Gasteiger charge is 2.43. The number of rotatable bonds is 5. The van der Waals surface area contributed by atoms with E-state index >= 15 is 0 Å². The van der Waals surface area contributed by atoms with E-state index in [1.807, 2.05) is 12.1 Å². The van der Waals surface area contributed by atoms with E-state index in [0.717, 1.165) is 10.0 Å². The average molecular weight is 432 g/mol. The molecule has 6 nitrogen and oxygen atoms in total. The van der Waals surface area contributed by atoms with Crippen LogP contribution in [0.15, 0.2) is 16.6 Å². The zero-order valence-electron chi connectivity index (χ0n) is 15.5. The highest BCUT2D eigenvalue weighted by atomic mass is 79.9. The molecule has 2 N–H and O–H groups in total. The van der Waals surface area contributed by atoms with Gasteiger partial charge < -0.3 is 24.4 Å². The highest BCUT2D eigenvalue weighted by molar-refractivity contribution is 9.10. The Labute approximate surface area is 158 Å². The molecule has 0 unspecified atom stereocenters. The van der Waals surface area contributed by atoms with Crippen LogP contribution in [0, 0.1) is 0 Å². The number of esters is 1. The Morgan fingerprint density at radius 2 is 1.84 bits per heavy atom. The van der Waals surface area contributed by atoms with Gasteiger partial charge in [0.05, 0.1) is 13.2 Å². The zero-order valence-corrected chi connectivity index (χ0v) is 18.1. The fourth-order valence-corrected chi connectivity index (χ4v) is 4.04. The van der Waals surface area contributed by atoms with Crippen molar-refractivity contribution in [3.8, 4) is 11.5 Å². The van der Waals surface area contributed by atoms with Crippen molar-refractivity contribution in [2.24, 2.45) is 5.73 Å². The normalized spacial score (nSPS) is 16.5. The summed E-state index contributed by atoms with van der Waals surface area (Å²) in [6, 6.07) is 2.67. The van der Waals surface area contributed by atoms with Crippen LogP contribution in [-0.4, -0.2) is 34.2 Å². The maximum absolute atomic E-state index is 12.1. The van der Waals surface area contributed by atoms with E-state index in [9.17, 15) is 4.79 Å². The smallest absolute Gasteiger partial charge is 0.325 e. The molecule has 0 bridgehead atoms. The van der Waals surface area contributed by atoms with Crippen LogP contribution in [0.1, 0.15) is 32.4 Å². The van der Waals surface area contributed by atoms with Crippen molar-refractivity contribution in [1.82, 2.24) is 0 Å². The number of methoxy groups -OCH3 is 1. The molecule has 0 saturated carbocycles. The minimum atomic E-state index is -2.20. The molecule has 2 rings (SSSR count). The van der Waals surface area contributed by atoms with Gasteiger partial charge in [0.25, 0.3) is 0 Å². The molecule has 0 saturated heterocycles. The minimum Gasteiger partial charge on any atom is -0.468 e. The van der Waals surface area contributed by atoms with Crippen molar-refractivity contribution in [2.45, 2.75) is 51.0 Å². The van der Waals surface area contributed by atoms with Crippen molar-refractivity contribution in [2.75, 3.05) is 13.9 Å². The van der Waals surface area contributed by atoms with E-state index in [4.69, 9.17) is 24.4 Å². The van der Waals surface area contributed by atoms with Crippen molar-refractivity contribution in [3.05, 3.63) is 22.2 Å². The number of carbonyl (C=O) groups excluding carboxylic acids is 1. The quantitative estimate of drug-likeness (QED) is 0.564. The Hall–Kier alpha value is -1.09. The van der Waals surface area contributed by atoms with Gasteiger partial charge in [0.2, 0.25) is 6.79 Å². The summed E-state index contributed by atoms with van der Waals surface area (Å²) in [7, 11) is -0.882. The summed E-state index contributed by atoms with van der Waals surface area (Å²) in [5.41, 5.74) is 6.94. The Balaban J connectivity index is 2.47. The van der Waals surface area contributed by atoms with E-state index in [-0.39, 0.29) is 11.8 Å². The summed E-state index contributed by atoms with van der Waals surface area (Å²) in [5, 5.41) is -0.0378. The molecule has 1 aromatic carbocycles. The zero-order chi connectivity index (χ0) is 19.0. The van der Waals surface area contributed by atoms with Gasteiger partial charge in [0.15, 0.2) is 19.8 Å². The van der Waals surface area contributed by atoms with Gasteiger partial charge in [0.1, 0.15) is 6.04 Å². The van der Waals surface area contributed by atoms with Crippen LogP contribution in [-0.2, 0) is 14.0 Å². The number of nitrogens with two attached hydrogens (primary N) is 1. The van der Waals surface area contributed by atoms with E-state index < -0.39 is 26.4 Å². The molecule has 0 aliphatic carbocycles. The number of ether oxygens (including phenoxy) is 3. The summed E-state index contributed by atoms with van der Waals surface area (Å²) in [4.78, 5) is 12.1. The molecular formula is C17H26BrNO5Si. The fourth-order valence-electron chi connectivity index (χ4n) is 2.24. The van der Waals surface area contributed by atoms with Gasteiger partial charge in [0, 0.05) is 4.47 Å². The van der Waals surface area contributed by atoms with Crippen LogP contribution in [0.2, 0.25) is 18.1 Å². The van der Waals surface area contributed by atoms with Crippen molar-refractivity contribution < 1.29 is 23.4 Å². The molecular weight excluding hydrogens is 406 g/mol. The summed E-state index contributed by atoms with van der Waals surface area (Å²) >= 11 is 3.54. The molecule has 1 heterocycles. The van der Waals surface area contributed by atoms with Crippen LogP contribution in [0.5, 0.6) is 11.5 Å². The van der Waals surface area contributed by atoms with Crippen LogP contribution < -0.4 is 15.2 Å². The number of benzene rings is 1. The summed E-state index contributed by atoms with van der Waals surface area (Å²) in [6.45, 7) is 10.8. The molecule has 140 valence electrons. The fraction of sp³-hybridized carbons (Fsp3) is 0.588. The van der Waals surface area contributed by atoms with Crippen LogP contribution >= 0.6 is 15.9 Å². The predicted molar refractivity (Wildman–Crippen MR) is 101 cm³/mol. The Morgan fingerprint density at radius 3 is 2.36 bits per heavy atom. The van der Waals surface area contributed by atoms with Crippen molar-refractivity contribution >= 4 is 30.2 Å². The summed E-state index contributed by atoms with van der Waals surface area (Å²) < 4.78 is 23.0. The number of carbonyl (C=O) groups is 1. The van der Waals surface area contributed by atoms with E-state index in [1.165, 1.54) is 7.11 Å². The van der Waals surface area contributed by atoms with Crippen LogP contribution in [0.3, 0.4) is 0 Å². The molecule has 0 spiro atoms. The van der Waals surface area contributed by atoms with Crippen LogP contribution in [0.4, 0.5) is 0 Å². The van der Waals surface area contributed by atoms with Gasteiger partial charge in [-0.15, -0.1) is 0 Å². The average Bonchev–Trinajstić information content (AvgIpc) is 2.96. The second kappa shape index (κ2) is 7.26. The molecule has 2 atom stereocenters. The second-order valence-electron chi connectivity index (χ2n) is 7.57.